The topological polar surface area (TPSA) is 50.7 Å². The zero-order valence-electron chi connectivity index (χ0n) is 12.2. The lowest BCUT2D eigenvalue weighted by Gasteiger charge is -2.30. The lowest BCUT2D eigenvalue weighted by Crippen LogP contribution is -2.46. The second-order valence-electron chi connectivity index (χ2n) is 5.57. The van der Waals surface area contributed by atoms with E-state index >= 15 is 0 Å². The molecule has 0 saturated heterocycles. The molecule has 0 aromatic heterocycles. The minimum Gasteiger partial charge on any atom is -0.394 e. The van der Waals surface area contributed by atoms with Crippen molar-refractivity contribution in [2.45, 2.75) is 57.8 Å². The van der Waals surface area contributed by atoms with Crippen LogP contribution in [0.1, 0.15) is 40.5 Å². The van der Waals surface area contributed by atoms with Crippen molar-refractivity contribution in [2.75, 3.05) is 27.4 Å². The number of nitrogens with one attached hydrogen (secondary N) is 1. The fourth-order valence-corrected chi connectivity index (χ4v) is 1.55. The Hall–Kier alpha value is -0.160. The number of methoxy groups -OCH3 is 1. The standard InChI is InChI=1S/C13H29NO3/c1-11(9-13(4,10-15)14-5)17-8-7-12(2,3)16-6/h11,14-15H,7-10H2,1-6H3. The Morgan fingerprint density at radius 2 is 1.88 bits per heavy atom. The smallest absolute Gasteiger partial charge is 0.0644 e. The second kappa shape index (κ2) is 7.31. The Bertz CT molecular complexity index is 203. The summed E-state index contributed by atoms with van der Waals surface area (Å²) >= 11 is 0. The minimum atomic E-state index is -0.268. The van der Waals surface area contributed by atoms with E-state index in [-0.39, 0.29) is 23.9 Å². The van der Waals surface area contributed by atoms with Crippen molar-refractivity contribution < 1.29 is 14.6 Å². The SMILES string of the molecule is CNC(C)(CO)CC(C)OCCC(C)(C)OC. The third-order valence-corrected chi connectivity index (χ3v) is 3.35. The van der Waals surface area contributed by atoms with Crippen molar-refractivity contribution in [3.8, 4) is 0 Å². The summed E-state index contributed by atoms with van der Waals surface area (Å²) < 4.78 is 11.1. The molecule has 2 atom stereocenters. The summed E-state index contributed by atoms with van der Waals surface area (Å²) in [4.78, 5) is 0. The predicted octanol–water partition coefficient (Wildman–Crippen LogP) is 1.57. The highest BCUT2D eigenvalue weighted by Gasteiger charge is 2.24. The van der Waals surface area contributed by atoms with Gasteiger partial charge in [-0.25, -0.2) is 0 Å². The van der Waals surface area contributed by atoms with E-state index in [0.717, 1.165) is 12.8 Å². The van der Waals surface area contributed by atoms with Crippen LogP contribution in [0.2, 0.25) is 0 Å². The van der Waals surface area contributed by atoms with Gasteiger partial charge in [-0.05, 0) is 47.6 Å². The van der Waals surface area contributed by atoms with Gasteiger partial charge in [-0.1, -0.05) is 0 Å². The van der Waals surface area contributed by atoms with Crippen LogP contribution in [-0.4, -0.2) is 49.7 Å². The van der Waals surface area contributed by atoms with Crippen molar-refractivity contribution >= 4 is 0 Å². The summed E-state index contributed by atoms with van der Waals surface area (Å²) in [6, 6.07) is 0. The van der Waals surface area contributed by atoms with Gasteiger partial charge in [0.1, 0.15) is 0 Å². The first kappa shape index (κ1) is 16.8. The molecule has 104 valence electrons. The van der Waals surface area contributed by atoms with E-state index in [1.54, 1.807) is 7.11 Å². The first-order chi connectivity index (χ1) is 7.78. The van der Waals surface area contributed by atoms with Crippen LogP contribution in [0, 0.1) is 0 Å². The monoisotopic (exact) mass is 247 g/mol. The molecule has 17 heavy (non-hydrogen) atoms. The molecule has 0 saturated carbocycles. The number of likely N-dealkylation sites (N-methyl/N-ethyl adjacent to an activating group) is 1. The summed E-state index contributed by atoms with van der Waals surface area (Å²) in [7, 11) is 3.57. The number of hydrogen-bond donors (Lipinski definition) is 2. The van der Waals surface area contributed by atoms with E-state index in [1.165, 1.54) is 0 Å². The number of aliphatic hydroxyl groups excluding tert-OH is 1. The highest BCUT2D eigenvalue weighted by Crippen LogP contribution is 2.16. The van der Waals surface area contributed by atoms with Crippen LogP contribution in [0.4, 0.5) is 0 Å². The number of aliphatic hydroxyl groups is 1. The number of ether oxygens (including phenoxy) is 2. The molecule has 0 radical (unpaired) electrons. The third kappa shape index (κ3) is 6.99. The van der Waals surface area contributed by atoms with Gasteiger partial charge in [0, 0.05) is 19.3 Å². The highest BCUT2D eigenvalue weighted by molar-refractivity contribution is 4.83. The van der Waals surface area contributed by atoms with Gasteiger partial charge in [0.2, 0.25) is 0 Å². The average molecular weight is 247 g/mol. The maximum atomic E-state index is 9.29. The van der Waals surface area contributed by atoms with Crippen LogP contribution in [0.3, 0.4) is 0 Å². The molecule has 0 aliphatic carbocycles. The first-order valence-electron chi connectivity index (χ1n) is 6.25. The Kier molecular flexibility index (Phi) is 7.24. The van der Waals surface area contributed by atoms with E-state index in [2.05, 4.69) is 5.32 Å². The highest BCUT2D eigenvalue weighted by atomic mass is 16.5. The van der Waals surface area contributed by atoms with Gasteiger partial charge in [-0.3, -0.25) is 0 Å². The van der Waals surface area contributed by atoms with Gasteiger partial charge in [0.05, 0.1) is 18.3 Å². The Morgan fingerprint density at radius 3 is 2.29 bits per heavy atom. The molecular formula is C13H29NO3. The van der Waals surface area contributed by atoms with E-state index in [1.807, 2.05) is 34.7 Å². The second-order valence-corrected chi connectivity index (χ2v) is 5.57. The molecule has 0 aliphatic heterocycles. The number of rotatable bonds is 9. The molecule has 4 nitrogen and oxygen atoms in total. The molecule has 2 N–H and O–H groups in total. The van der Waals surface area contributed by atoms with E-state index in [4.69, 9.17) is 9.47 Å². The first-order valence-corrected chi connectivity index (χ1v) is 6.25. The fourth-order valence-electron chi connectivity index (χ4n) is 1.55. The van der Waals surface area contributed by atoms with Gasteiger partial charge in [0.25, 0.3) is 0 Å². The zero-order chi connectivity index (χ0) is 13.5. The molecule has 0 bridgehead atoms. The van der Waals surface area contributed by atoms with Gasteiger partial charge in [0.15, 0.2) is 0 Å². The molecule has 4 heteroatoms. The normalized spacial score (nSPS) is 17.8. The molecule has 0 aliphatic rings. The van der Waals surface area contributed by atoms with Crippen molar-refractivity contribution in [1.82, 2.24) is 5.32 Å². The maximum Gasteiger partial charge on any atom is 0.0644 e. The van der Waals surface area contributed by atoms with Crippen molar-refractivity contribution in [3.63, 3.8) is 0 Å². The van der Waals surface area contributed by atoms with Crippen LogP contribution < -0.4 is 5.32 Å². The summed E-state index contributed by atoms with van der Waals surface area (Å²) in [6.45, 7) is 8.91. The number of hydrogen-bond acceptors (Lipinski definition) is 4. The van der Waals surface area contributed by atoms with Gasteiger partial charge < -0.3 is 19.9 Å². The maximum absolute atomic E-state index is 9.29. The van der Waals surface area contributed by atoms with E-state index in [9.17, 15) is 5.11 Å². The zero-order valence-corrected chi connectivity index (χ0v) is 12.2. The molecule has 0 aromatic carbocycles. The van der Waals surface area contributed by atoms with E-state index < -0.39 is 0 Å². The fraction of sp³-hybridized carbons (Fsp3) is 1.00. The Labute approximate surface area is 106 Å². The van der Waals surface area contributed by atoms with Gasteiger partial charge >= 0.3 is 0 Å². The molecule has 0 amide bonds. The minimum absolute atomic E-state index is 0.112. The lowest BCUT2D eigenvalue weighted by molar-refractivity contribution is -0.0310. The Morgan fingerprint density at radius 1 is 1.29 bits per heavy atom. The molecular weight excluding hydrogens is 218 g/mol. The van der Waals surface area contributed by atoms with Crippen molar-refractivity contribution in [3.05, 3.63) is 0 Å². The van der Waals surface area contributed by atoms with Crippen LogP contribution >= 0.6 is 0 Å². The van der Waals surface area contributed by atoms with Crippen molar-refractivity contribution in [1.29, 1.82) is 0 Å². The average Bonchev–Trinajstić information content (AvgIpc) is 2.28. The van der Waals surface area contributed by atoms with Crippen molar-refractivity contribution in [2.24, 2.45) is 0 Å². The van der Waals surface area contributed by atoms with E-state index in [0.29, 0.717) is 6.61 Å². The molecule has 0 spiro atoms. The van der Waals surface area contributed by atoms with Crippen LogP contribution in [0.15, 0.2) is 0 Å². The molecule has 0 rings (SSSR count). The molecule has 2 unspecified atom stereocenters. The lowest BCUT2D eigenvalue weighted by atomic mass is 9.96. The molecule has 0 aromatic rings. The van der Waals surface area contributed by atoms with Crippen LogP contribution in [-0.2, 0) is 9.47 Å². The van der Waals surface area contributed by atoms with Gasteiger partial charge in [-0.15, -0.1) is 0 Å². The summed E-state index contributed by atoms with van der Waals surface area (Å²) in [5, 5.41) is 12.4. The Balaban J connectivity index is 3.91. The largest absolute Gasteiger partial charge is 0.394 e. The molecule has 0 heterocycles. The summed E-state index contributed by atoms with van der Waals surface area (Å²) in [6.07, 6.45) is 1.77. The van der Waals surface area contributed by atoms with Crippen LogP contribution in [0.5, 0.6) is 0 Å². The predicted molar refractivity (Wildman–Crippen MR) is 70.3 cm³/mol. The third-order valence-electron chi connectivity index (χ3n) is 3.35. The summed E-state index contributed by atoms with van der Waals surface area (Å²) in [5.41, 5.74) is -0.404. The quantitative estimate of drug-likeness (QED) is 0.649. The van der Waals surface area contributed by atoms with Gasteiger partial charge in [-0.2, -0.15) is 0 Å². The summed E-state index contributed by atoms with van der Waals surface area (Å²) in [5.74, 6) is 0. The molecule has 0 fully saturated rings. The van der Waals surface area contributed by atoms with Crippen LogP contribution in [0.25, 0.3) is 0 Å².